The number of rotatable bonds is 10. The Hall–Kier alpha value is -4.94. The van der Waals surface area contributed by atoms with Crippen LogP contribution in [0.25, 0.3) is 0 Å². The zero-order valence-corrected chi connectivity index (χ0v) is 29.1. The predicted octanol–water partition coefficient (Wildman–Crippen LogP) is 3.59. The average Bonchev–Trinajstić information content (AvgIpc) is 3.70. The van der Waals surface area contributed by atoms with Gasteiger partial charge in [0, 0.05) is 56.9 Å². The maximum atomic E-state index is 14.6. The average molecular weight is 693 g/mol. The van der Waals surface area contributed by atoms with Crippen LogP contribution in [0.3, 0.4) is 0 Å². The highest BCUT2D eigenvalue weighted by molar-refractivity contribution is 5.91. The van der Waals surface area contributed by atoms with E-state index in [4.69, 9.17) is 4.98 Å². The summed E-state index contributed by atoms with van der Waals surface area (Å²) in [6, 6.07) is 19.7. The van der Waals surface area contributed by atoms with Gasteiger partial charge in [-0.15, -0.1) is 6.58 Å². The number of hydrogen-bond donors (Lipinski definition) is 2. The van der Waals surface area contributed by atoms with Crippen LogP contribution in [0, 0.1) is 0 Å². The lowest BCUT2D eigenvalue weighted by atomic mass is 9.98. The summed E-state index contributed by atoms with van der Waals surface area (Å²) in [6.45, 7) is 9.02. The molecule has 0 unspecified atom stereocenters. The lowest BCUT2D eigenvalue weighted by molar-refractivity contribution is -0.189. The monoisotopic (exact) mass is 692 g/mol. The minimum atomic E-state index is -0.854. The number of carbonyl (C=O) groups is 3. The van der Waals surface area contributed by atoms with Gasteiger partial charge < -0.3 is 30.0 Å². The van der Waals surface area contributed by atoms with Gasteiger partial charge in [-0.3, -0.25) is 9.59 Å². The Balaban J connectivity index is 1.18. The molecule has 12 heteroatoms. The fraction of sp³-hybridized carbons (Fsp3) is 0.436. The van der Waals surface area contributed by atoms with E-state index in [1.807, 2.05) is 48.7 Å². The van der Waals surface area contributed by atoms with E-state index < -0.39 is 12.2 Å². The highest BCUT2D eigenvalue weighted by Crippen LogP contribution is 2.32. The van der Waals surface area contributed by atoms with Crippen molar-refractivity contribution in [2.45, 2.75) is 63.4 Å². The number of amides is 4. The highest BCUT2D eigenvalue weighted by atomic mass is 16.3. The molecule has 51 heavy (non-hydrogen) atoms. The van der Waals surface area contributed by atoms with E-state index in [1.54, 1.807) is 50.2 Å². The van der Waals surface area contributed by atoms with Gasteiger partial charge in [0.1, 0.15) is 23.8 Å². The van der Waals surface area contributed by atoms with Crippen LogP contribution in [-0.2, 0) is 29.1 Å². The van der Waals surface area contributed by atoms with Crippen LogP contribution in [0.1, 0.15) is 42.4 Å². The van der Waals surface area contributed by atoms with E-state index in [0.717, 1.165) is 48.4 Å². The van der Waals surface area contributed by atoms with Gasteiger partial charge in [0.15, 0.2) is 0 Å². The summed E-state index contributed by atoms with van der Waals surface area (Å²) in [4.78, 5) is 55.8. The number of anilines is 1. The van der Waals surface area contributed by atoms with Crippen LogP contribution in [0.5, 0.6) is 5.75 Å². The van der Waals surface area contributed by atoms with E-state index in [2.05, 4.69) is 21.7 Å². The molecule has 0 radical (unpaired) electrons. The van der Waals surface area contributed by atoms with Crippen molar-refractivity contribution in [1.29, 1.82) is 0 Å². The van der Waals surface area contributed by atoms with E-state index in [0.29, 0.717) is 19.1 Å². The summed E-state index contributed by atoms with van der Waals surface area (Å²) < 4.78 is 0. The molecule has 1 aromatic heterocycles. The second-order valence-electron chi connectivity index (χ2n) is 14.0. The fourth-order valence-electron chi connectivity index (χ4n) is 8.15. The van der Waals surface area contributed by atoms with Crippen molar-refractivity contribution in [1.82, 2.24) is 35.0 Å². The number of fused-ring (bicyclic) bond motifs is 1. The largest absolute Gasteiger partial charge is 0.508 e. The third-order valence-corrected chi connectivity index (χ3v) is 10.7. The molecule has 4 aliphatic heterocycles. The molecule has 0 bridgehead atoms. The van der Waals surface area contributed by atoms with Crippen LogP contribution >= 0.6 is 0 Å². The number of aromatic hydroxyl groups is 1. The minimum Gasteiger partial charge on any atom is -0.508 e. The van der Waals surface area contributed by atoms with Gasteiger partial charge in [0.25, 0.3) is 0 Å². The Labute approximate surface area is 299 Å². The first-order valence-corrected chi connectivity index (χ1v) is 18.2. The highest BCUT2D eigenvalue weighted by Gasteiger charge is 2.51. The Morgan fingerprint density at radius 1 is 0.941 bits per heavy atom. The summed E-state index contributed by atoms with van der Waals surface area (Å²) in [5.41, 5.74) is 2.69. The summed E-state index contributed by atoms with van der Waals surface area (Å²) in [6.07, 6.45) is 7.70. The topological polar surface area (TPSA) is 116 Å². The van der Waals surface area contributed by atoms with E-state index in [-0.39, 0.29) is 49.7 Å². The third-order valence-electron chi connectivity index (χ3n) is 10.7. The van der Waals surface area contributed by atoms with E-state index >= 15 is 0 Å². The number of hydrogen-bond acceptors (Lipinski definition) is 8. The molecule has 0 aliphatic carbocycles. The molecular weight excluding hydrogens is 644 g/mol. The zero-order valence-electron chi connectivity index (χ0n) is 29.1. The number of nitrogens with one attached hydrogen (secondary N) is 1. The maximum absolute atomic E-state index is 14.6. The van der Waals surface area contributed by atoms with Gasteiger partial charge in [-0.1, -0.05) is 54.6 Å². The molecule has 0 spiro atoms. The first-order chi connectivity index (χ1) is 24.9. The van der Waals surface area contributed by atoms with Gasteiger partial charge >= 0.3 is 6.03 Å². The molecule has 4 amide bonds. The molecule has 268 valence electrons. The van der Waals surface area contributed by atoms with Gasteiger partial charge in [-0.05, 0) is 68.1 Å². The Morgan fingerprint density at radius 3 is 2.41 bits per heavy atom. The SMILES string of the molecule is C=CCN1CC(=O)N2[C@@H](Cc3ccc(O)cc3)C(=O)N(Cc3cccnc3N3CCC(N4CCCC4)CC3)C[C@@H]2N1C(=O)NCc1ccccc1. The number of benzene rings is 2. The molecule has 4 aliphatic rings. The molecule has 0 saturated carbocycles. The Morgan fingerprint density at radius 2 is 1.69 bits per heavy atom. The van der Waals surface area contributed by atoms with Crippen molar-refractivity contribution < 1.29 is 19.5 Å². The number of pyridine rings is 1. The zero-order chi connectivity index (χ0) is 35.3. The molecule has 3 aromatic rings. The van der Waals surface area contributed by atoms with E-state index in [9.17, 15) is 19.5 Å². The lowest BCUT2D eigenvalue weighted by Gasteiger charge is -2.55. The number of piperazine rings is 1. The van der Waals surface area contributed by atoms with Crippen molar-refractivity contribution in [2.24, 2.45) is 0 Å². The molecule has 12 nitrogen and oxygen atoms in total. The number of phenols is 1. The van der Waals surface area contributed by atoms with Crippen LogP contribution < -0.4 is 10.2 Å². The molecule has 4 fully saturated rings. The summed E-state index contributed by atoms with van der Waals surface area (Å²) in [7, 11) is 0. The van der Waals surface area contributed by atoms with Gasteiger partial charge in [0.2, 0.25) is 11.8 Å². The number of likely N-dealkylation sites (tertiary alicyclic amines) is 1. The van der Waals surface area contributed by atoms with Crippen LogP contribution in [0.2, 0.25) is 0 Å². The third kappa shape index (κ3) is 7.57. The normalized spacial score (nSPS) is 22.0. The van der Waals surface area contributed by atoms with Crippen LogP contribution in [0.15, 0.2) is 85.6 Å². The number of piperidine rings is 1. The standard InChI is InChI=1S/C39H48N8O4/c1-2-19-45-28-36(49)46-34(24-29-12-14-33(48)15-13-29)38(50)44(27-35(46)47(45)39(51)41-25-30-9-4-3-5-10-30)26-31-11-8-18-40-37(31)43-22-16-32(17-23-43)42-20-6-7-21-42/h2-5,8-15,18,32,34-35,48H,1,6-7,16-17,19-28H2,(H,41,51)/t34-,35-/m0/s1. The summed E-state index contributed by atoms with van der Waals surface area (Å²) in [5, 5.41) is 16.3. The number of hydrazine groups is 1. The number of urea groups is 1. The van der Waals surface area contributed by atoms with Gasteiger partial charge in [-0.2, -0.15) is 0 Å². The quantitative estimate of drug-likeness (QED) is 0.310. The number of nitrogens with zero attached hydrogens (tertiary/aromatic N) is 7. The molecular formula is C39H48N8O4. The van der Waals surface area contributed by atoms with Crippen LogP contribution in [-0.4, -0.2) is 117 Å². The Kier molecular flexibility index (Phi) is 10.5. The predicted molar refractivity (Wildman–Crippen MR) is 194 cm³/mol. The molecule has 4 saturated heterocycles. The van der Waals surface area contributed by atoms with Crippen molar-refractivity contribution in [3.05, 3.63) is 102 Å². The molecule has 2 atom stereocenters. The minimum absolute atomic E-state index is 0.0687. The second-order valence-corrected chi connectivity index (χ2v) is 14.0. The van der Waals surface area contributed by atoms with Gasteiger partial charge in [0.05, 0.1) is 13.1 Å². The van der Waals surface area contributed by atoms with Crippen LogP contribution in [0.4, 0.5) is 10.6 Å². The fourth-order valence-corrected chi connectivity index (χ4v) is 8.15. The first kappa shape index (κ1) is 34.5. The smallest absolute Gasteiger partial charge is 0.334 e. The molecule has 5 heterocycles. The van der Waals surface area contributed by atoms with Crippen molar-refractivity contribution in [3.8, 4) is 5.75 Å². The van der Waals surface area contributed by atoms with E-state index in [1.165, 1.54) is 25.9 Å². The molecule has 2 aromatic carbocycles. The summed E-state index contributed by atoms with van der Waals surface area (Å²) in [5.74, 6) is 0.594. The van der Waals surface area contributed by atoms with Crippen molar-refractivity contribution in [2.75, 3.05) is 50.7 Å². The maximum Gasteiger partial charge on any atom is 0.334 e. The molecule has 2 N–H and O–H groups in total. The number of phenolic OH excluding ortho intramolecular Hbond substituents is 1. The lowest BCUT2D eigenvalue weighted by Crippen LogP contribution is -2.76. The number of carbonyl (C=O) groups excluding carboxylic acids is 3. The molecule has 7 rings (SSSR count). The first-order valence-electron chi connectivity index (χ1n) is 18.2. The van der Waals surface area contributed by atoms with Gasteiger partial charge in [-0.25, -0.2) is 19.8 Å². The Bertz CT molecular complexity index is 1690. The van der Waals surface area contributed by atoms with Crippen molar-refractivity contribution >= 4 is 23.7 Å². The second kappa shape index (κ2) is 15.5. The summed E-state index contributed by atoms with van der Waals surface area (Å²) >= 11 is 0. The number of aromatic nitrogens is 1. The van der Waals surface area contributed by atoms with Crippen molar-refractivity contribution in [3.63, 3.8) is 0 Å².